The highest BCUT2D eigenvalue weighted by Gasteiger charge is 2.43. The number of hydrogen-bond donors (Lipinski definition) is 1. The van der Waals surface area contributed by atoms with Crippen LogP contribution in [0.3, 0.4) is 0 Å². The normalized spacial score (nSPS) is 19.9. The van der Waals surface area contributed by atoms with Crippen LogP contribution < -0.4 is 5.56 Å². The van der Waals surface area contributed by atoms with Gasteiger partial charge in [-0.05, 0) is 55.7 Å². The summed E-state index contributed by atoms with van der Waals surface area (Å²) < 4.78 is 7.05. The molecule has 0 bridgehead atoms. The van der Waals surface area contributed by atoms with Crippen LogP contribution in [0.5, 0.6) is 5.75 Å². The van der Waals surface area contributed by atoms with E-state index in [9.17, 15) is 14.7 Å². The zero-order valence-corrected chi connectivity index (χ0v) is 16.0. The number of ether oxygens (including phenoxy) is 1. The van der Waals surface area contributed by atoms with Crippen molar-refractivity contribution >= 4 is 16.9 Å². The minimum atomic E-state index is -0.831. The van der Waals surface area contributed by atoms with Crippen LogP contribution in [0.15, 0.2) is 29.1 Å². The van der Waals surface area contributed by atoms with Crippen LogP contribution >= 0.6 is 0 Å². The number of nitrogens with zero attached hydrogens (tertiary/aromatic N) is 2. The Morgan fingerprint density at radius 3 is 2.79 bits per heavy atom. The Balaban J connectivity index is 1.83. The van der Waals surface area contributed by atoms with E-state index >= 15 is 0 Å². The summed E-state index contributed by atoms with van der Waals surface area (Å²) in [5.74, 6) is -0.0990. The summed E-state index contributed by atoms with van der Waals surface area (Å²) in [5, 5.41) is 10.7. The highest BCUT2D eigenvalue weighted by molar-refractivity contribution is 5.89. The first-order chi connectivity index (χ1) is 13.3. The Morgan fingerprint density at radius 2 is 2.04 bits per heavy atom. The number of carbonyl (C=O) groups excluding carboxylic acids is 1. The molecule has 1 N–H and O–H groups in total. The maximum Gasteiger partial charge on any atom is 0.316 e. The van der Waals surface area contributed by atoms with Crippen LogP contribution in [0.1, 0.15) is 42.5 Å². The number of aromatic nitrogens is 2. The lowest BCUT2D eigenvalue weighted by molar-refractivity contribution is -0.153. The summed E-state index contributed by atoms with van der Waals surface area (Å²) in [6, 6.07) is 7.05. The smallest absolute Gasteiger partial charge is 0.316 e. The predicted octanol–water partition coefficient (Wildman–Crippen LogP) is 3.16. The van der Waals surface area contributed by atoms with E-state index in [-0.39, 0.29) is 23.9 Å². The topological polar surface area (TPSA) is 81.4 Å². The first-order valence-electron chi connectivity index (χ1n) is 9.42. The molecule has 0 saturated carbocycles. The average Bonchev–Trinajstić information content (AvgIpc) is 3.05. The maximum absolute atomic E-state index is 13.2. The van der Waals surface area contributed by atoms with Crippen LogP contribution in [0.4, 0.5) is 0 Å². The lowest BCUT2D eigenvalue weighted by Gasteiger charge is -2.33. The number of aryl methyl sites for hydroxylation is 1. The van der Waals surface area contributed by atoms with Crippen LogP contribution in [-0.4, -0.2) is 20.6 Å². The van der Waals surface area contributed by atoms with E-state index in [0.717, 1.165) is 39.0 Å². The number of benzene rings is 1. The highest BCUT2D eigenvalue weighted by Crippen LogP contribution is 2.41. The molecule has 1 aromatic carbocycles. The number of cyclic esters (lactones) is 1. The molecule has 5 rings (SSSR count). The number of phenols is 1. The van der Waals surface area contributed by atoms with E-state index in [2.05, 4.69) is 0 Å². The van der Waals surface area contributed by atoms with E-state index in [1.54, 1.807) is 22.8 Å². The third kappa shape index (κ3) is 2.00. The van der Waals surface area contributed by atoms with E-state index in [1.807, 2.05) is 26.8 Å². The summed E-state index contributed by atoms with van der Waals surface area (Å²) in [4.78, 5) is 30.5. The van der Waals surface area contributed by atoms with Crippen molar-refractivity contribution in [3.63, 3.8) is 0 Å². The van der Waals surface area contributed by atoms with Crippen LogP contribution in [0.2, 0.25) is 0 Å². The third-order valence-electron chi connectivity index (χ3n) is 6.41. The second-order valence-electron chi connectivity index (χ2n) is 7.84. The Morgan fingerprint density at radius 1 is 1.25 bits per heavy atom. The summed E-state index contributed by atoms with van der Waals surface area (Å²) >= 11 is 0. The number of pyridine rings is 2. The molecule has 0 saturated heterocycles. The number of carbonyl (C=O) groups is 1. The Bertz CT molecular complexity index is 1260. The molecule has 1 atom stereocenters. The van der Waals surface area contributed by atoms with E-state index in [0.29, 0.717) is 18.5 Å². The number of rotatable bonds is 1. The van der Waals surface area contributed by atoms with Crippen molar-refractivity contribution in [2.45, 2.75) is 45.8 Å². The summed E-state index contributed by atoms with van der Waals surface area (Å²) in [6.07, 6.45) is 0.554. The molecule has 0 fully saturated rings. The molecule has 0 radical (unpaired) electrons. The molecule has 2 aromatic heterocycles. The molecule has 6 heteroatoms. The van der Waals surface area contributed by atoms with Gasteiger partial charge < -0.3 is 14.4 Å². The minimum Gasteiger partial charge on any atom is -0.508 e. The molecule has 0 amide bonds. The van der Waals surface area contributed by atoms with Crippen LogP contribution in [0, 0.1) is 6.92 Å². The number of phenolic OH excluding ortho intramolecular Hbond substituents is 1. The quantitative estimate of drug-likeness (QED) is 0.516. The zero-order valence-electron chi connectivity index (χ0n) is 16.0. The molecule has 142 valence electrons. The van der Waals surface area contributed by atoms with Crippen molar-refractivity contribution in [1.29, 1.82) is 0 Å². The molecule has 0 unspecified atom stereocenters. The SMILES string of the molecule is CC[C@@]1(C)C(=O)OCc2c1cc1n(c2=O)Cc2c-1nc1ccc(O)cc1c2C. The molecular weight excluding hydrogens is 356 g/mol. The summed E-state index contributed by atoms with van der Waals surface area (Å²) in [6.45, 7) is 6.19. The molecule has 6 nitrogen and oxygen atoms in total. The second-order valence-corrected chi connectivity index (χ2v) is 7.84. The van der Waals surface area contributed by atoms with Gasteiger partial charge in [0.1, 0.15) is 12.4 Å². The van der Waals surface area contributed by atoms with Gasteiger partial charge in [0.15, 0.2) is 0 Å². The van der Waals surface area contributed by atoms with Crippen molar-refractivity contribution in [1.82, 2.24) is 9.55 Å². The first-order valence-corrected chi connectivity index (χ1v) is 9.42. The number of esters is 1. The third-order valence-corrected chi connectivity index (χ3v) is 6.41. The Labute approximate surface area is 161 Å². The Kier molecular flexibility index (Phi) is 3.30. The second kappa shape index (κ2) is 5.44. The molecule has 0 spiro atoms. The molecule has 2 aliphatic heterocycles. The molecule has 2 aliphatic rings. The molecule has 4 heterocycles. The molecule has 0 aliphatic carbocycles. The van der Waals surface area contributed by atoms with Gasteiger partial charge in [0.25, 0.3) is 5.56 Å². The lowest BCUT2D eigenvalue weighted by atomic mass is 9.76. The van der Waals surface area contributed by atoms with Gasteiger partial charge >= 0.3 is 5.97 Å². The van der Waals surface area contributed by atoms with Gasteiger partial charge in [-0.25, -0.2) is 4.98 Å². The van der Waals surface area contributed by atoms with E-state index in [1.165, 1.54) is 0 Å². The van der Waals surface area contributed by atoms with Crippen molar-refractivity contribution in [2.75, 3.05) is 0 Å². The fraction of sp³-hybridized carbons (Fsp3) is 0.318. The zero-order chi connectivity index (χ0) is 19.8. The number of aromatic hydroxyl groups is 1. The highest BCUT2D eigenvalue weighted by atomic mass is 16.5. The summed E-state index contributed by atoms with van der Waals surface area (Å²) in [5.41, 5.74) is 4.61. The predicted molar refractivity (Wildman–Crippen MR) is 104 cm³/mol. The van der Waals surface area contributed by atoms with Crippen molar-refractivity contribution < 1.29 is 14.6 Å². The molecule has 28 heavy (non-hydrogen) atoms. The summed E-state index contributed by atoms with van der Waals surface area (Å²) in [7, 11) is 0. The first kappa shape index (κ1) is 17.0. The van der Waals surface area contributed by atoms with Gasteiger partial charge in [-0.1, -0.05) is 6.92 Å². The van der Waals surface area contributed by atoms with Crippen molar-refractivity contribution in [3.05, 3.63) is 56.9 Å². The number of hydrogen-bond acceptors (Lipinski definition) is 5. The Hall–Kier alpha value is -3.15. The maximum atomic E-state index is 13.2. The van der Waals surface area contributed by atoms with Gasteiger partial charge in [-0.3, -0.25) is 9.59 Å². The lowest BCUT2D eigenvalue weighted by Crippen LogP contribution is -2.42. The van der Waals surface area contributed by atoms with Crippen LogP contribution in [-0.2, 0) is 28.1 Å². The monoisotopic (exact) mass is 376 g/mol. The van der Waals surface area contributed by atoms with Gasteiger partial charge in [0, 0.05) is 10.9 Å². The van der Waals surface area contributed by atoms with E-state index < -0.39 is 5.41 Å². The van der Waals surface area contributed by atoms with Gasteiger partial charge in [0.2, 0.25) is 0 Å². The van der Waals surface area contributed by atoms with Crippen molar-refractivity contribution in [3.8, 4) is 17.1 Å². The minimum absolute atomic E-state index is 0.0154. The molecule has 3 aromatic rings. The van der Waals surface area contributed by atoms with Gasteiger partial charge in [-0.2, -0.15) is 0 Å². The van der Waals surface area contributed by atoms with E-state index in [4.69, 9.17) is 9.72 Å². The largest absolute Gasteiger partial charge is 0.508 e. The van der Waals surface area contributed by atoms with Gasteiger partial charge in [-0.15, -0.1) is 0 Å². The molecular formula is C22H20N2O4. The fourth-order valence-electron chi connectivity index (χ4n) is 4.43. The van der Waals surface area contributed by atoms with Crippen molar-refractivity contribution in [2.24, 2.45) is 0 Å². The van der Waals surface area contributed by atoms with Gasteiger partial charge in [0.05, 0.1) is 34.4 Å². The standard InChI is InChI=1S/C22H20N2O4/c1-4-22(3)16-8-18-19-14(9-24(18)20(26)15(16)10-28-21(22)27)11(2)13-7-12(25)5-6-17(13)23-19/h5-8,25H,4,9-10H2,1-3H3/t22-/m1/s1. The fourth-order valence-corrected chi connectivity index (χ4v) is 4.43. The number of fused-ring (bicyclic) bond motifs is 5. The average molecular weight is 376 g/mol. The van der Waals surface area contributed by atoms with Crippen LogP contribution in [0.25, 0.3) is 22.3 Å².